The maximum absolute atomic E-state index is 12.0. The van der Waals surface area contributed by atoms with Gasteiger partial charge in [-0.25, -0.2) is 0 Å². The van der Waals surface area contributed by atoms with E-state index in [0.29, 0.717) is 25.5 Å². The highest BCUT2D eigenvalue weighted by atomic mass is 16.5. The summed E-state index contributed by atoms with van der Waals surface area (Å²) in [7, 11) is 1.93. The van der Waals surface area contributed by atoms with E-state index in [9.17, 15) is 4.79 Å². The van der Waals surface area contributed by atoms with Crippen LogP contribution in [0, 0.1) is 12.8 Å². The van der Waals surface area contributed by atoms with E-state index in [4.69, 9.17) is 4.74 Å². The molecule has 0 saturated carbocycles. The van der Waals surface area contributed by atoms with E-state index < -0.39 is 0 Å². The van der Waals surface area contributed by atoms with Crippen molar-refractivity contribution in [3.63, 3.8) is 0 Å². The van der Waals surface area contributed by atoms with Gasteiger partial charge < -0.3 is 10.1 Å². The van der Waals surface area contributed by atoms with Crippen LogP contribution in [0.15, 0.2) is 18.2 Å². The molecule has 0 unspecified atom stereocenters. The second-order valence-corrected chi connectivity index (χ2v) is 5.80. The molecule has 3 rings (SSSR count). The molecule has 1 aliphatic heterocycles. The molecule has 5 nitrogen and oxygen atoms in total. The fraction of sp³-hybridized carbons (Fsp3) is 0.500. The van der Waals surface area contributed by atoms with Crippen LogP contribution in [-0.4, -0.2) is 28.9 Å². The van der Waals surface area contributed by atoms with E-state index in [1.165, 1.54) is 5.56 Å². The number of amides is 1. The van der Waals surface area contributed by atoms with Gasteiger partial charge in [-0.3, -0.25) is 9.48 Å². The minimum absolute atomic E-state index is 0.0805. The van der Waals surface area contributed by atoms with Gasteiger partial charge in [-0.1, -0.05) is 11.6 Å². The lowest BCUT2D eigenvalue weighted by atomic mass is 10.0. The SMILES string of the molecule is Cc1ccc2c(c1)c(CNC(=O)C[C@H]1CCOC1)nn2C. The van der Waals surface area contributed by atoms with Crippen molar-refractivity contribution in [3.05, 3.63) is 29.5 Å². The summed E-state index contributed by atoms with van der Waals surface area (Å²) in [5.74, 6) is 0.449. The Morgan fingerprint density at radius 1 is 1.52 bits per heavy atom. The molecule has 0 radical (unpaired) electrons. The van der Waals surface area contributed by atoms with Crippen LogP contribution in [0.2, 0.25) is 0 Å². The number of ether oxygens (including phenoxy) is 1. The maximum Gasteiger partial charge on any atom is 0.220 e. The molecule has 1 N–H and O–H groups in total. The molecule has 112 valence electrons. The molecular weight excluding hydrogens is 266 g/mol. The van der Waals surface area contributed by atoms with Crippen molar-refractivity contribution in [2.45, 2.75) is 26.3 Å². The number of fused-ring (bicyclic) bond motifs is 1. The second-order valence-electron chi connectivity index (χ2n) is 5.80. The Morgan fingerprint density at radius 2 is 2.38 bits per heavy atom. The van der Waals surface area contributed by atoms with Crippen molar-refractivity contribution >= 4 is 16.8 Å². The minimum atomic E-state index is 0.0805. The van der Waals surface area contributed by atoms with E-state index in [-0.39, 0.29) is 5.91 Å². The van der Waals surface area contributed by atoms with Gasteiger partial charge >= 0.3 is 0 Å². The fourth-order valence-corrected chi connectivity index (χ4v) is 2.84. The monoisotopic (exact) mass is 287 g/mol. The predicted octanol–water partition coefficient (Wildman–Crippen LogP) is 1.92. The van der Waals surface area contributed by atoms with Crippen molar-refractivity contribution in [1.29, 1.82) is 0 Å². The van der Waals surface area contributed by atoms with Gasteiger partial charge in [0.05, 0.1) is 17.8 Å². The number of nitrogens with zero attached hydrogens (tertiary/aromatic N) is 2. The van der Waals surface area contributed by atoms with Crippen molar-refractivity contribution in [3.8, 4) is 0 Å². The largest absolute Gasteiger partial charge is 0.381 e. The highest BCUT2D eigenvalue weighted by molar-refractivity contribution is 5.83. The number of hydrogen-bond donors (Lipinski definition) is 1. The van der Waals surface area contributed by atoms with Crippen molar-refractivity contribution in [2.24, 2.45) is 13.0 Å². The standard InChI is InChI=1S/C16H21N3O2/c1-11-3-4-15-13(7-11)14(18-19(15)2)9-17-16(20)8-12-5-6-21-10-12/h3-4,7,12H,5-6,8-10H2,1-2H3,(H,17,20)/t12-/m1/s1. The van der Waals surface area contributed by atoms with Crippen LogP contribution in [0.1, 0.15) is 24.1 Å². The molecule has 1 saturated heterocycles. The minimum Gasteiger partial charge on any atom is -0.381 e. The van der Waals surface area contributed by atoms with Gasteiger partial charge in [0.15, 0.2) is 0 Å². The van der Waals surface area contributed by atoms with E-state index in [2.05, 4.69) is 35.5 Å². The summed E-state index contributed by atoms with van der Waals surface area (Å²) in [5.41, 5.74) is 3.22. The summed E-state index contributed by atoms with van der Waals surface area (Å²) in [6.45, 7) is 4.03. The number of carbonyl (C=O) groups excluding carboxylic acids is 1. The van der Waals surface area contributed by atoms with Crippen LogP contribution in [-0.2, 0) is 23.1 Å². The van der Waals surface area contributed by atoms with Gasteiger partial charge in [-0.2, -0.15) is 5.10 Å². The quantitative estimate of drug-likeness (QED) is 0.934. The Hall–Kier alpha value is -1.88. The third kappa shape index (κ3) is 3.08. The first-order valence-electron chi connectivity index (χ1n) is 7.40. The molecule has 0 bridgehead atoms. The number of aromatic nitrogens is 2. The summed E-state index contributed by atoms with van der Waals surface area (Å²) in [4.78, 5) is 12.0. The number of hydrogen-bond acceptors (Lipinski definition) is 3. The zero-order chi connectivity index (χ0) is 14.8. The molecule has 1 aliphatic rings. The molecular formula is C16H21N3O2. The molecule has 2 heterocycles. The normalized spacial score (nSPS) is 18.3. The molecule has 2 aromatic rings. The zero-order valence-corrected chi connectivity index (χ0v) is 12.6. The van der Waals surface area contributed by atoms with Crippen molar-refractivity contribution < 1.29 is 9.53 Å². The Kier molecular flexibility index (Phi) is 3.92. The highest BCUT2D eigenvalue weighted by Gasteiger charge is 2.19. The molecule has 21 heavy (non-hydrogen) atoms. The van der Waals surface area contributed by atoms with Gasteiger partial charge in [0.25, 0.3) is 0 Å². The third-order valence-electron chi connectivity index (χ3n) is 4.03. The molecule has 5 heteroatoms. The summed E-state index contributed by atoms with van der Waals surface area (Å²) in [6, 6.07) is 6.26. The van der Waals surface area contributed by atoms with Crippen LogP contribution < -0.4 is 5.32 Å². The Labute approximate surface area is 124 Å². The van der Waals surface area contributed by atoms with Gasteiger partial charge in [-0.15, -0.1) is 0 Å². The third-order valence-corrected chi connectivity index (χ3v) is 4.03. The number of nitrogens with one attached hydrogen (secondary N) is 1. The fourth-order valence-electron chi connectivity index (χ4n) is 2.84. The zero-order valence-electron chi connectivity index (χ0n) is 12.6. The highest BCUT2D eigenvalue weighted by Crippen LogP contribution is 2.20. The van der Waals surface area contributed by atoms with Gasteiger partial charge in [-0.05, 0) is 31.4 Å². The molecule has 1 amide bonds. The molecule has 1 atom stereocenters. The van der Waals surface area contributed by atoms with E-state index in [0.717, 1.165) is 29.6 Å². The molecule has 1 aromatic heterocycles. The van der Waals surface area contributed by atoms with Crippen LogP contribution >= 0.6 is 0 Å². The number of carbonyl (C=O) groups is 1. The number of benzene rings is 1. The number of rotatable bonds is 4. The number of aryl methyl sites for hydroxylation is 2. The van der Waals surface area contributed by atoms with Crippen LogP contribution in [0.4, 0.5) is 0 Å². The summed E-state index contributed by atoms with van der Waals surface area (Å²) >= 11 is 0. The first-order valence-corrected chi connectivity index (χ1v) is 7.40. The summed E-state index contributed by atoms with van der Waals surface area (Å²) in [5, 5.41) is 8.61. The Balaban J connectivity index is 1.67. The van der Waals surface area contributed by atoms with Crippen molar-refractivity contribution in [2.75, 3.05) is 13.2 Å². The smallest absolute Gasteiger partial charge is 0.220 e. The van der Waals surface area contributed by atoms with E-state index in [1.54, 1.807) is 0 Å². The van der Waals surface area contributed by atoms with Gasteiger partial charge in [0.2, 0.25) is 5.91 Å². The first-order chi connectivity index (χ1) is 10.1. The average molecular weight is 287 g/mol. The predicted molar refractivity (Wildman–Crippen MR) is 80.8 cm³/mol. The van der Waals surface area contributed by atoms with Gasteiger partial charge in [0.1, 0.15) is 0 Å². The topological polar surface area (TPSA) is 56.1 Å². The maximum atomic E-state index is 12.0. The van der Waals surface area contributed by atoms with Crippen LogP contribution in [0.5, 0.6) is 0 Å². The molecule has 0 spiro atoms. The Morgan fingerprint density at radius 3 is 3.14 bits per heavy atom. The average Bonchev–Trinajstić information content (AvgIpc) is 3.05. The Bertz CT molecular complexity index is 657. The molecule has 0 aliphatic carbocycles. The van der Waals surface area contributed by atoms with E-state index >= 15 is 0 Å². The lowest BCUT2D eigenvalue weighted by Gasteiger charge is -2.07. The van der Waals surface area contributed by atoms with E-state index in [1.807, 2.05) is 11.7 Å². The van der Waals surface area contributed by atoms with Gasteiger partial charge in [0, 0.05) is 32.1 Å². The lowest BCUT2D eigenvalue weighted by molar-refractivity contribution is -0.122. The van der Waals surface area contributed by atoms with Crippen molar-refractivity contribution in [1.82, 2.24) is 15.1 Å². The van der Waals surface area contributed by atoms with Crippen LogP contribution in [0.25, 0.3) is 10.9 Å². The molecule has 1 fully saturated rings. The molecule has 1 aromatic carbocycles. The summed E-state index contributed by atoms with van der Waals surface area (Å²) < 4.78 is 7.16. The lowest BCUT2D eigenvalue weighted by Crippen LogP contribution is -2.25. The van der Waals surface area contributed by atoms with Crippen LogP contribution in [0.3, 0.4) is 0 Å². The summed E-state index contributed by atoms with van der Waals surface area (Å²) in [6.07, 6.45) is 1.53. The second kappa shape index (κ2) is 5.85. The first kappa shape index (κ1) is 14.1.